The second-order valence-electron chi connectivity index (χ2n) is 4.81. The Hall–Kier alpha value is -2.35. The zero-order chi connectivity index (χ0) is 17.2. The van der Waals surface area contributed by atoms with E-state index < -0.39 is 24.4 Å². The van der Waals surface area contributed by atoms with Gasteiger partial charge in [0.05, 0.1) is 19.3 Å². The SMILES string of the molecule is CCn1cc(-c2cc(CO)cc(C(=O)OC)c2)c(C(F)(F)F)n1. The largest absolute Gasteiger partial charge is 0.465 e. The maximum Gasteiger partial charge on any atom is 0.435 e. The predicted molar refractivity (Wildman–Crippen MR) is 75.6 cm³/mol. The molecule has 2 aromatic rings. The van der Waals surface area contributed by atoms with Gasteiger partial charge in [-0.1, -0.05) is 0 Å². The molecule has 0 saturated carbocycles. The van der Waals surface area contributed by atoms with E-state index >= 15 is 0 Å². The van der Waals surface area contributed by atoms with Crippen molar-refractivity contribution in [1.82, 2.24) is 9.78 Å². The van der Waals surface area contributed by atoms with Crippen LogP contribution in [-0.4, -0.2) is 28.0 Å². The van der Waals surface area contributed by atoms with Gasteiger partial charge in [-0.2, -0.15) is 18.3 Å². The van der Waals surface area contributed by atoms with Gasteiger partial charge in [-0.15, -0.1) is 0 Å². The summed E-state index contributed by atoms with van der Waals surface area (Å²) >= 11 is 0. The number of aromatic nitrogens is 2. The Morgan fingerprint density at radius 2 is 2.04 bits per heavy atom. The van der Waals surface area contributed by atoms with E-state index in [4.69, 9.17) is 0 Å². The summed E-state index contributed by atoms with van der Waals surface area (Å²) in [6.07, 6.45) is -3.36. The first-order chi connectivity index (χ1) is 10.8. The summed E-state index contributed by atoms with van der Waals surface area (Å²) in [5.41, 5.74) is -0.680. The van der Waals surface area contributed by atoms with Crippen LogP contribution in [0.2, 0.25) is 0 Å². The molecule has 0 saturated heterocycles. The summed E-state index contributed by atoms with van der Waals surface area (Å²) in [6.45, 7) is 1.52. The number of aliphatic hydroxyl groups excluding tert-OH is 1. The van der Waals surface area contributed by atoms with Gasteiger partial charge in [0.2, 0.25) is 0 Å². The van der Waals surface area contributed by atoms with Crippen LogP contribution in [0.25, 0.3) is 11.1 Å². The van der Waals surface area contributed by atoms with E-state index in [1.165, 1.54) is 36.2 Å². The molecule has 0 unspecified atom stereocenters. The maximum atomic E-state index is 13.2. The van der Waals surface area contributed by atoms with Crippen molar-refractivity contribution in [3.63, 3.8) is 0 Å². The van der Waals surface area contributed by atoms with E-state index in [-0.39, 0.29) is 23.2 Å². The van der Waals surface area contributed by atoms with E-state index in [9.17, 15) is 23.1 Å². The van der Waals surface area contributed by atoms with Crippen molar-refractivity contribution in [1.29, 1.82) is 0 Å². The Morgan fingerprint density at radius 3 is 2.57 bits per heavy atom. The first-order valence-electron chi connectivity index (χ1n) is 6.78. The fourth-order valence-corrected chi connectivity index (χ4v) is 2.18. The third kappa shape index (κ3) is 3.53. The maximum absolute atomic E-state index is 13.2. The summed E-state index contributed by atoms with van der Waals surface area (Å²) in [5.74, 6) is -0.696. The van der Waals surface area contributed by atoms with Crippen LogP contribution in [0.15, 0.2) is 24.4 Å². The zero-order valence-corrected chi connectivity index (χ0v) is 12.5. The van der Waals surface area contributed by atoms with Crippen LogP contribution in [-0.2, 0) is 24.1 Å². The van der Waals surface area contributed by atoms with Gasteiger partial charge < -0.3 is 9.84 Å². The van der Waals surface area contributed by atoms with Gasteiger partial charge >= 0.3 is 12.1 Å². The molecule has 0 radical (unpaired) electrons. The third-order valence-corrected chi connectivity index (χ3v) is 3.26. The molecule has 1 aromatic heterocycles. The van der Waals surface area contributed by atoms with Crippen LogP contribution in [0.5, 0.6) is 0 Å². The lowest BCUT2D eigenvalue weighted by molar-refractivity contribution is -0.141. The zero-order valence-electron chi connectivity index (χ0n) is 12.5. The molecular formula is C15H15F3N2O3. The number of alkyl halides is 3. The molecule has 0 fully saturated rings. The van der Waals surface area contributed by atoms with Crippen LogP contribution in [0, 0.1) is 0 Å². The Morgan fingerprint density at radius 1 is 1.35 bits per heavy atom. The number of methoxy groups -OCH3 is 1. The summed E-state index contributed by atoms with van der Waals surface area (Å²) in [6, 6.07) is 4.04. The highest BCUT2D eigenvalue weighted by Crippen LogP contribution is 2.36. The molecule has 1 aromatic carbocycles. The van der Waals surface area contributed by atoms with Gasteiger partial charge in [-0.05, 0) is 36.2 Å². The Labute approximate surface area is 130 Å². The van der Waals surface area contributed by atoms with Crippen LogP contribution in [0.4, 0.5) is 13.2 Å². The van der Waals surface area contributed by atoms with Crippen LogP contribution in [0.1, 0.15) is 28.5 Å². The van der Waals surface area contributed by atoms with E-state index in [0.29, 0.717) is 5.56 Å². The van der Waals surface area contributed by atoms with E-state index in [0.717, 1.165) is 0 Å². The normalized spacial score (nSPS) is 11.6. The molecule has 0 aliphatic heterocycles. The van der Waals surface area contributed by atoms with Gasteiger partial charge in [0, 0.05) is 18.3 Å². The molecule has 0 atom stereocenters. The minimum atomic E-state index is -4.63. The van der Waals surface area contributed by atoms with Gasteiger partial charge in [0.25, 0.3) is 0 Å². The van der Waals surface area contributed by atoms with Crippen molar-refractivity contribution in [2.75, 3.05) is 7.11 Å². The van der Waals surface area contributed by atoms with Gasteiger partial charge in [0.1, 0.15) is 0 Å². The summed E-state index contributed by atoms with van der Waals surface area (Å²) in [7, 11) is 1.17. The number of ether oxygens (including phenoxy) is 1. The number of esters is 1. The molecule has 0 aliphatic carbocycles. The lowest BCUT2D eigenvalue weighted by atomic mass is 10.00. The van der Waals surface area contributed by atoms with Crippen molar-refractivity contribution >= 4 is 5.97 Å². The summed E-state index contributed by atoms with van der Waals surface area (Å²) < 4.78 is 45.3. The predicted octanol–water partition coefficient (Wildman–Crippen LogP) is 2.87. The number of hydrogen-bond donors (Lipinski definition) is 1. The average molecular weight is 328 g/mol. The highest BCUT2D eigenvalue weighted by atomic mass is 19.4. The molecule has 23 heavy (non-hydrogen) atoms. The van der Waals surface area contributed by atoms with Crippen molar-refractivity contribution < 1.29 is 27.8 Å². The topological polar surface area (TPSA) is 64.4 Å². The molecule has 8 heteroatoms. The molecule has 5 nitrogen and oxygen atoms in total. The Balaban J connectivity index is 2.66. The molecule has 1 heterocycles. The third-order valence-electron chi connectivity index (χ3n) is 3.26. The number of halogens is 3. The van der Waals surface area contributed by atoms with Gasteiger partial charge in [-0.3, -0.25) is 4.68 Å². The quantitative estimate of drug-likeness (QED) is 0.877. The minimum absolute atomic E-state index is 0.0615. The monoisotopic (exact) mass is 328 g/mol. The average Bonchev–Trinajstić information content (AvgIpc) is 2.98. The van der Waals surface area contributed by atoms with Crippen molar-refractivity contribution in [3.05, 3.63) is 41.2 Å². The second-order valence-corrected chi connectivity index (χ2v) is 4.81. The van der Waals surface area contributed by atoms with Crippen molar-refractivity contribution in [2.45, 2.75) is 26.3 Å². The Bertz CT molecular complexity index is 723. The van der Waals surface area contributed by atoms with Crippen molar-refractivity contribution in [2.24, 2.45) is 0 Å². The van der Waals surface area contributed by atoms with Gasteiger partial charge in [0.15, 0.2) is 5.69 Å². The number of hydrogen-bond acceptors (Lipinski definition) is 4. The number of carbonyl (C=O) groups is 1. The molecule has 2 rings (SSSR count). The number of aryl methyl sites for hydroxylation is 1. The smallest absolute Gasteiger partial charge is 0.435 e. The van der Waals surface area contributed by atoms with Crippen LogP contribution in [0.3, 0.4) is 0 Å². The minimum Gasteiger partial charge on any atom is -0.465 e. The number of nitrogens with zero attached hydrogens (tertiary/aromatic N) is 2. The fourth-order valence-electron chi connectivity index (χ4n) is 2.18. The number of aliphatic hydroxyl groups is 1. The first-order valence-corrected chi connectivity index (χ1v) is 6.78. The fraction of sp³-hybridized carbons (Fsp3) is 0.333. The number of carbonyl (C=O) groups excluding carboxylic acids is 1. The molecule has 0 bridgehead atoms. The molecule has 1 N–H and O–H groups in total. The summed E-state index contributed by atoms with van der Waals surface area (Å²) in [4.78, 5) is 11.7. The number of benzene rings is 1. The first kappa shape index (κ1) is 17.0. The number of rotatable bonds is 4. The molecule has 0 spiro atoms. The van der Waals surface area contributed by atoms with Gasteiger partial charge in [-0.25, -0.2) is 4.79 Å². The highest BCUT2D eigenvalue weighted by Gasteiger charge is 2.37. The summed E-state index contributed by atoms with van der Waals surface area (Å²) in [5, 5.41) is 12.8. The van der Waals surface area contributed by atoms with Crippen LogP contribution >= 0.6 is 0 Å². The lowest BCUT2D eigenvalue weighted by Crippen LogP contribution is -2.09. The van der Waals surface area contributed by atoms with E-state index in [2.05, 4.69) is 9.84 Å². The van der Waals surface area contributed by atoms with Crippen molar-refractivity contribution in [3.8, 4) is 11.1 Å². The van der Waals surface area contributed by atoms with Crippen LogP contribution < -0.4 is 0 Å². The molecular weight excluding hydrogens is 313 g/mol. The molecule has 0 amide bonds. The molecule has 0 aliphatic rings. The standard InChI is InChI=1S/C15H15F3N2O3/c1-3-20-7-12(13(19-20)15(16,17)18)10-4-9(8-21)5-11(6-10)14(22)23-2/h4-7,21H,3,8H2,1-2H3. The Kier molecular flexibility index (Phi) is 4.74. The lowest BCUT2D eigenvalue weighted by Gasteiger charge is -2.09. The highest BCUT2D eigenvalue weighted by molar-refractivity contribution is 5.91. The molecule has 124 valence electrons. The van der Waals surface area contributed by atoms with E-state index in [1.807, 2.05) is 0 Å². The second kappa shape index (κ2) is 6.41. The van der Waals surface area contributed by atoms with E-state index in [1.54, 1.807) is 6.92 Å².